The lowest BCUT2D eigenvalue weighted by atomic mass is 10.1. The number of thiazole rings is 1. The van der Waals surface area contributed by atoms with E-state index in [0.29, 0.717) is 11.3 Å². The van der Waals surface area contributed by atoms with Crippen molar-refractivity contribution in [2.24, 2.45) is 0 Å². The smallest absolute Gasteiger partial charge is 0.253 e. The zero-order valence-electron chi connectivity index (χ0n) is 15.9. The molecule has 0 atom stereocenters. The standard InChI is InChI=1S/C21H20FN3O2S2/c1-13(2)23-20(27)16-5-3-4-6-17(16)24-19(26)12-29-21-25-18(11-28-21)14-7-9-15(22)10-8-14/h3-11,13H,12H2,1-2H3,(H,23,27)(H,24,26). The van der Waals surface area contributed by atoms with E-state index in [4.69, 9.17) is 0 Å². The summed E-state index contributed by atoms with van der Waals surface area (Å²) in [5.74, 6) is -0.584. The van der Waals surface area contributed by atoms with Crippen molar-refractivity contribution in [1.82, 2.24) is 10.3 Å². The molecule has 29 heavy (non-hydrogen) atoms. The van der Waals surface area contributed by atoms with Crippen LogP contribution >= 0.6 is 23.1 Å². The number of carbonyl (C=O) groups is 2. The van der Waals surface area contributed by atoms with Crippen molar-refractivity contribution in [2.45, 2.75) is 24.2 Å². The highest BCUT2D eigenvalue weighted by Crippen LogP contribution is 2.28. The number of amides is 2. The first-order valence-corrected chi connectivity index (χ1v) is 10.8. The second kappa shape index (κ2) is 9.67. The first kappa shape index (κ1) is 21.0. The Bertz CT molecular complexity index is 1000. The lowest BCUT2D eigenvalue weighted by Crippen LogP contribution is -2.31. The zero-order valence-corrected chi connectivity index (χ0v) is 17.6. The van der Waals surface area contributed by atoms with Gasteiger partial charge in [0.15, 0.2) is 4.34 Å². The predicted molar refractivity (Wildman–Crippen MR) is 116 cm³/mol. The van der Waals surface area contributed by atoms with Crippen molar-refractivity contribution >= 4 is 40.6 Å². The van der Waals surface area contributed by atoms with Crippen LogP contribution in [0.25, 0.3) is 11.3 Å². The fourth-order valence-corrected chi connectivity index (χ4v) is 4.16. The number of carbonyl (C=O) groups excluding carboxylic acids is 2. The second-order valence-electron chi connectivity index (χ2n) is 6.52. The second-order valence-corrected chi connectivity index (χ2v) is 8.60. The predicted octanol–water partition coefficient (Wildman–Crippen LogP) is 4.82. The van der Waals surface area contributed by atoms with Crippen LogP contribution < -0.4 is 10.6 Å². The zero-order chi connectivity index (χ0) is 20.8. The van der Waals surface area contributed by atoms with Crippen molar-refractivity contribution in [2.75, 3.05) is 11.1 Å². The molecule has 0 spiro atoms. The van der Waals surface area contributed by atoms with Gasteiger partial charge in [-0.1, -0.05) is 23.9 Å². The van der Waals surface area contributed by atoms with E-state index >= 15 is 0 Å². The molecular formula is C21H20FN3O2S2. The molecule has 0 unspecified atom stereocenters. The highest BCUT2D eigenvalue weighted by molar-refractivity contribution is 8.01. The maximum absolute atomic E-state index is 13.0. The van der Waals surface area contributed by atoms with E-state index in [9.17, 15) is 14.0 Å². The average Bonchev–Trinajstić information content (AvgIpc) is 3.16. The van der Waals surface area contributed by atoms with Crippen molar-refractivity contribution in [1.29, 1.82) is 0 Å². The molecule has 0 radical (unpaired) electrons. The fourth-order valence-electron chi connectivity index (χ4n) is 2.52. The number of hydrogen-bond acceptors (Lipinski definition) is 5. The van der Waals surface area contributed by atoms with E-state index in [1.54, 1.807) is 36.4 Å². The summed E-state index contributed by atoms with van der Waals surface area (Å²) in [5.41, 5.74) is 2.47. The number of anilines is 1. The summed E-state index contributed by atoms with van der Waals surface area (Å²) in [4.78, 5) is 29.1. The number of halogens is 1. The molecule has 5 nitrogen and oxygen atoms in total. The minimum absolute atomic E-state index is 0.00187. The molecule has 1 aromatic heterocycles. The molecule has 2 aromatic carbocycles. The number of nitrogens with zero attached hydrogens (tertiary/aromatic N) is 1. The lowest BCUT2D eigenvalue weighted by molar-refractivity contribution is -0.113. The normalized spacial score (nSPS) is 10.8. The van der Waals surface area contributed by atoms with Gasteiger partial charge in [0.05, 0.1) is 22.7 Å². The Kier molecular flexibility index (Phi) is 7.00. The SMILES string of the molecule is CC(C)NC(=O)c1ccccc1NC(=O)CSc1nc(-c2ccc(F)cc2)cs1. The third kappa shape index (κ3) is 5.88. The van der Waals surface area contributed by atoms with Crippen LogP contribution in [0.1, 0.15) is 24.2 Å². The van der Waals surface area contributed by atoms with Crippen molar-refractivity contribution < 1.29 is 14.0 Å². The molecule has 0 saturated carbocycles. The van der Waals surface area contributed by atoms with E-state index in [-0.39, 0.29) is 29.4 Å². The number of benzene rings is 2. The monoisotopic (exact) mass is 429 g/mol. The summed E-state index contributed by atoms with van der Waals surface area (Å²) < 4.78 is 13.8. The van der Waals surface area contributed by atoms with E-state index < -0.39 is 0 Å². The Morgan fingerprint density at radius 1 is 1.14 bits per heavy atom. The van der Waals surface area contributed by atoms with Gasteiger partial charge in [-0.25, -0.2) is 9.37 Å². The topological polar surface area (TPSA) is 71.1 Å². The van der Waals surface area contributed by atoms with Crippen LogP contribution in [0.4, 0.5) is 10.1 Å². The lowest BCUT2D eigenvalue weighted by Gasteiger charge is -2.12. The maximum atomic E-state index is 13.0. The van der Waals surface area contributed by atoms with Gasteiger partial charge in [-0.05, 0) is 50.2 Å². The molecule has 3 aromatic rings. The third-order valence-corrected chi connectivity index (χ3v) is 5.84. The first-order valence-electron chi connectivity index (χ1n) is 8.96. The minimum atomic E-state index is -0.294. The summed E-state index contributed by atoms with van der Waals surface area (Å²) in [7, 11) is 0. The van der Waals surface area contributed by atoms with Gasteiger partial charge in [0, 0.05) is 17.0 Å². The van der Waals surface area contributed by atoms with Crippen LogP contribution in [0.3, 0.4) is 0 Å². The van der Waals surface area contributed by atoms with E-state index in [2.05, 4.69) is 15.6 Å². The molecule has 3 rings (SSSR count). The van der Waals surface area contributed by atoms with Gasteiger partial charge in [0.2, 0.25) is 5.91 Å². The van der Waals surface area contributed by atoms with Crippen LogP contribution in [0.2, 0.25) is 0 Å². The van der Waals surface area contributed by atoms with Gasteiger partial charge in [-0.3, -0.25) is 9.59 Å². The molecule has 0 aliphatic heterocycles. The number of hydrogen-bond donors (Lipinski definition) is 2. The van der Waals surface area contributed by atoms with Gasteiger partial charge >= 0.3 is 0 Å². The van der Waals surface area contributed by atoms with Crippen LogP contribution in [0.5, 0.6) is 0 Å². The molecular weight excluding hydrogens is 409 g/mol. The van der Waals surface area contributed by atoms with Crippen LogP contribution in [-0.4, -0.2) is 28.6 Å². The molecule has 8 heteroatoms. The van der Waals surface area contributed by atoms with Gasteiger partial charge in [0.25, 0.3) is 5.91 Å². The van der Waals surface area contributed by atoms with Crippen molar-refractivity contribution in [3.8, 4) is 11.3 Å². The quantitative estimate of drug-likeness (QED) is 0.529. The van der Waals surface area contributed by atoms with Gasteiger partial charge in [-0.2, -0.15) is 0 Å². The maximum Gasteiger partial charge on any atom is 0.253 e. The largest absolute Gasteiger partial charge is 0.350 e. The van der Waals surface area contributed by atoms with E-state index in [1.165, 1.54) is 35.2 Å². The van der Waals surface area contributed by atoms with Gasteiger partial charge in [0.1, 0.15) is 5.82 Å². The van der Waals surface area contributed by atoms with Crippen LogP contribution in [0.15, 0.2) is 58.3 Å². The Morgan fingerprint density at radius 3 is 2.59 bits per heavy atom. The fraction of sp³-hybridized carbons (Fsp3) is 0.190. The van der Waals surface area contributed by atoms with E-state index in [1.807, 2.05) is 19.2 Å². The summed E-state index contributed by atoms with van der Waals surface area (Å²) in [6, 6.07) is 13.0. The van der Waals surface area contributed by atoms with Crippen molar-refractivity contribution in [3.63, 3.8) is 0 Å². The molecule has 0 fully saturated rings. The minimum Gasteiger partial charge on any atom is -0.350 e. The third-order valence-electron chi connectivity index (χ3n) is 3.82. The molecule has 0 bridgehead atoms. The number of rotatable bonds is 7. The number of nitrogens with one attached hydrogen (secondary N) is 2. The van der Waals surface area contributed by atoms with Crippen LogP contribution in [-0.2, 0) is 4.79 Å². The molecule has 1 heterocycles. The summed E-state index contributed by atoms with van der Waals surface area (Å²) >= 11 is 2.74. The Balaban J connectivity index is 1.60. The van der Waals surface area contributed by atoms with Gasteiger partial charge < -0.3 is 10.6 Å². The number of para-hydroxylation sites is 1. The average molecular weight is 430 g/mol. The molecule has 0 saturated heterocycles. The summed E-state index contributed by atoms with van der Waals surface area (Å²) in [6.07, 6.45) is 0. The molecule has 150 valence electrons. The highest BCUT2D eigenvalue weighted by Gasteiger charge is 2.14. The van der Waals surface area contributed by atoms with Crippen molar-refractivity contribution in [3.05, 3.63) is 65.3 Å². The molecule has 0 aliphatic carbocycles. The van der Waals surface area contributed by atoms with Crippen LogP contribution in [0, 0.1) is 5.82 Å². The number of thioether (sulfide) groups is 1. The first-order chi connectivity index (χ1) is 13.9. The Morgan fingerprint density at radius 2 is 1.86 bits per heavy atom. The Labute approximate surface area is 176 Å². The molecule has 2 N–H and O–H groups in total. The summed E-state index contributed by atoms with van der Waals surface area (Å²) in [6.45, 7) is 3.76. The van der Waals surface area contributed by atoms with Gasteiger partial charge in [-0.15, -0.1) is 11.3 Å². The number of aromatic nitrogens is 1. The molecule has 0 aliphatic rings. The Hall–Kier alpha value is -2.71. The highest BCUT2D eigenvalue weighted by atomic mass is 32.2. The molecule has 2 amide bonds. The summed E-state index contributed by atoms with van der Waals surface area (Å²) in [5, 5.41) is 7.49. The van der Waals surface area contributed by atoms with E-state index in [0.717, 1.165) is 15.6 Å².